The molecule has 0 fully saturated rings. The summed E-state index contributed by atoms with van der Waals surface area (Å²) in [5.41, 5.74) is -3.15. The number of aryl methyl sites for hydroxylation is 1. The molecule has 2 rings (SSSR count). The second kappa shape index (κ2) is 6.91. The first-order valence-electron chi connectivity index (χ1n) is 7.00. The molecule has 2 aromatic heterocycles. The number of amides is 1. The summed E-state index contributed by atoms with van der Waals surface area (Å²) >= 11 is 0. The molecule has 0 bridgehead atoms. The highest BCUT2D eigenvalue weighted by atomic mass is 19.4. The van der Waals surface area contributed by atoms with Crippen molar-refractivity contribution in [1.82, 2.24) is 14.9 Å². The van der Waals surface area contributed by atoms with E-state index in [1.54, 1.807) is 12.1 Å². The predicted molar refractivity (Wildman–Crippen MR) is 78.5 cm³/mol. The van der Waals surface area contributed by atoms with E-state index < -0.39 is 29.9 Å². The highest BCUT2D eigenvalue weighted by Crippen LogP contribution is 2.40. The highest BCUT2D eigenvalue weighted by Gasteiger charge is 2.57. The van der Waals surface area contributed by atoms with Crippen LogP contribution in [0.2, 0.25) is 0 Å². The molecule has 1 amide bonds. The molecule has 2 aromatic rings. The van der Waals surface area contributed by atoms with Gasteiger partial charge in [0, 0.05) is 38.5 Å². The molecule has 0 aliphatic carbocycles. The van der Waals surface area contributed by atoms with Crippen LogP contribution in [0.3, 0.4) is 0 Å². The van der Waals surface area contributed by atoms with Crippen molar-refractivity contribution in [2.45, 2.75) is 18.2 Å². The number of carbonyl (C=O) groups excluding carboxylic acids is 1. The maximum Gasteiger partial charge on any atom is 0.424 e. The summed E-state index contributed by atoms with van der Waals surface area (Å²) in [4.78, 5) is 15.2. The zero-order valence-corrected chi connectivity index (χ0v) is 12.7. The first kappa shape index (κ1) is 17.8. The van der Waals surface area contributed by atoms with Gasteiger partial charge in [0.2, 0.25) is 11.5 Å². The van der Waals surface area contributed by atoms with Crippen LogP contribution < -0.4 is 5.32 Å². The standard InChI is InChI=1S/C15H16F3N3O3/c1-21-9-8-20-13(21)14(23,15(16,17)18)6-7-19-12(22)5-4-11-3-2-10-24-11/h2-5,8-10,23H,6-7H2,1H3,(H,19,22). The number of aromatic nitrogens is 2. The summed E-state index contributed by atoms with van der Waals surface area (Å²) in [5, 5.41) is 12.4. The van der Waals surface area contributed by atoms with E-state index in [0.717, 1.165) is 16.8 Å². The predicted octanol–water partition coefficient (Wildman–Crippen LogP) is 1.98. The number of nitrogens with zero attached hydrogens (tertiary/aromatic N) is 2. The number of halogens is 3. The van der Waals surface area contributed by atoms with E-state index in [9.17, 15) is 23.1 Å². The van der Waals surface area contributed by atoms with Gasteiger partial charge in [0.05, 0.1) is 6.26 Å². The van der Waals surface area contributed by atoms with Gasteiger partial charge in [0.15, 0.2) is 0 Å². The molecule has 2 N–H and O–H groups in total. The number of nitrogens with one attached hydrogen (secondary N) is 1. The minimum atomic E-state index is -4.93. The molecule has 0 saturated heterocycles. The van der Waals surface area contributed by atoms with E-state index in [2.05, 4.69) is 10.3 Å². The molecule has 130 valence electrons. The Morgan fingerprint density at radius 3 is 2.79 bits per heavy atom. The fraction of sp³-hybridized carbons (Fsp3) is 0.333. The third-order valence-corrected chi connectivity index (χ3v) is 3.39. The maximum atomic E-state index is 13.3. The molecule has 0 aromatic carbocycles. The van der Waals surface area contributed by atoms with Crippen molar-refractivity contribution in [3.8, 4) is 0 Å². The van der Waals surface area contributed by atoms with Gasteiger partial charge in [-0.2, -0.15) is 13.2 Å². The summed E-state index contributed by atoms with van der Waals surface area (Å²) in [6.45, 7) is -0.385. The van der Waals surface area contributed by atoms with Crippen molar-refractivity contribution < 1.29 is 27.5 Å². The molecule has 0 aliphatic heterocycles. The fourth-order valence-corrected chi connectivity index (χ4v) is 2.11. The lowest BCUT2D eigenvalue weighted by atomic mass is 9.97. The molecule has 24 heavy (non-hydrogen) atoms. The van der Waals surface area contributed by atoms with E-state index in [4.69, 9.17) is 4.42 Å². The lowest BCUT2D eigenvalue weighted by Gasteiger charge is -2.29. The normalized spacial score (nSPS) is 14.7. The van der Waals surface area contributed by atoms with Crippen molar-refractivity contribution in [3.05, 3.63) is 48.5 Å². The number of imidazole rings is 1. The van der Waals surface area contributed by atoms with E-state index in [1.165, 1.54) is 25.6 Å². The Balaban J connectivity index is 1.99. The minimum Gasteiger partial charge on any atom is -0.465 e. The zero-order valence-electron chi connectivity index (χ0n) is 12.7. The second-order valence-electron chi connectivity index (χ2n) is 5.11. The average Bonchev–Trinajstić information content (AvgIpc) is 3.15. The summed E-state index contributed by atoms with van der Waals surface area (Å²) in [6, 6.07) is 3.25. The van der Waals surface area contributed by atoms with Crippen LogP contribution in [0.4, 0.5) is 13.2 Å². The highest BCUT2D eigenvalue weighted by molar-refractivity contribution is 5.91. The molecule has 2 heterocycles. The van der Waals surface area contributed by atoms with Gasteiger partial charge < -0.3 is 19.4 Å². The quantitative estimate of drug-likeness (QED) is 0.786. The monoisotopic (exact) mass is 343 g/mol. The SMILES string of the molecule is Cn1ccnc1C(O)(CCNC(=O)C=Cc1ccco1)C(F)(F)F. The number of aliphatic hydroxyl groups is 1. The van der Waals surface area contributed by atoms with Crippen LogP contribution in [0.5, 0.6) is 0 Å². The Hall–Kier alpha value is -2.55. The molecule has 0 saturated carbocycles. The second-order valence-corrected chi connectivity index (χ2v) is 5.11. The van der Waals surface area contributed by atoms with Crippen LogP contribution in [0.15, 0.2) is 41.3 Å². The number of furan rings is 1. The first-order chi connectivity index (χ1) is 11.2. The molecule has 1 unspecified atom stereocenters. The molecule has 0 spiro atoms. The average molecular weight is 343 g/mol. The Kier molecular flexibility index (Phi) is 5.13. The molecule has 6 nitrogen and oxygen atoms in total. The third kappa shape index (κ3) is 3.85. The van der Waals surface area contributed by atoms with Gasteiger partial charge in [0.1, 0.15) is 11.6 Å². The van der Waals surface area contributed by atoms with Crippen LogP contribution in [-0.4, -0.2) is 33.3 Å². The van der Waals surface area contributed by atoms with Gasteiger partial charge >= 0.3 is 6.18 Å². The van der Waals surface area contributed by atoms with Crippen molar-refractivity contribution in [2.24, 2.45) is 7.05 Å². The summed E-state index contributed by atoms with van der Waals surface area (Å²) < 4.78 is 45.9. The largest absolute Gasteiger partial charge is 0.465 e. The number of rotatable bonds is 6. The topological polar surface area (TPSA) is 80.3 Å². The van der Waals surface area contributed by atoms with E-state index >= 15 is 0 Å². The molecule has 0 radical (unpaired) electrons. The lowest BCUT2D eigenvalue weighted by molar-refractivity contribution is -0.272. The third-order valence-electron chi connectivity index (χ3n) is 3.39. The van der Waals surface area contributed by atoms with Crippen molar-refractivity contribution >= 4 is 12.0 Å². The minimum absolute atomic E-state index is 0.385. The van der Waals surface area contributed by atoms with E-state index in [-0.39, 0.29) is 6.54 Å². The van der Waals surface area contributed by atoms with Crippen molar-refractivity contribution in [3.63, 3.8) is 0 Å². The maximum absolute atomic E-state index is 13.3. The summed E-state index contributed by atoms with van der Waals surface area (Å²) in [7, 11) is 1.35. The smallest absolute Gasteiger partial charge is 0.424 e. The molecule has 1 atom stereocenters. The van der Waals surface area contributed by atoms with Gasteiger partial charge in [-0.05, 0) is 18.2 Å². The Morgan fingerprint density at radius 1 is 1.50 bits per heavy atom. The molecular weight excluding hydrogens is 327 g/mol. The molecule has 9 heteroatoms. The molecular formula is C15H16F3N3O3. The van der Waals surface area contributed by atoms with Crippen LogP contribution in [0.25, 0.3) is 6.08 Å². The molecule has 0 aliphatic rings. The van der Waals surface area contributed by atoms with Gasteiger partial charge in [-0.15, -0.1) is 0 Å². The van der Waals surface area contributed by atoms with Gasteiger partial charge in [0.25, 0.3) is 0 Å². The lowest BCUT2D eigenvalue weighted by Crippen LogP contribution is -2.46. The van der Waals surface area contributed by atoms with E-state index in [0.29, 0.717) is 5.76 Å². The summed E-state index contributed by atoms with van der Waals surface area (Å²) in [5.74, 6) is -0.698. The van der Waals surface area contributed by atoms with Crippen LogP contribution in [0.1, 0.15) is 18.0 Å². The van der Waals surface area contributed by atoms with Crippen LogP contribution in [0, 0.1) is 0 Å². The fourth-order valence-electron chi connectivity index (χ4n) is 2.11. The van der Waals surface area contributed by atoms with E-state index in [1.807, 2.05) is 0 Å². The first-order valence-corrected chi connectivity index (χ1v) is 7.00. The number of hydrogen-bond acceptors (Lipinski definition) is 4. The zero-order chi connectivity index (χ0) is 17.8. The Morgan fingerprint density at radius 2 is 2.25 bits per heavy atom. The Labute approximate surface area is 135 Å². The van der Waals surface area contributed by atoms with Crippen molar-refractivity contribution in [2.75, 3.05) is 6.54 Å². The number of hydrogen-bond donors (Lipinski definition) is 2. The van der Waals surface area contributed by atoms with Gasteiger partial charge in [-0.25, -0.2) is 4.98 Å². The number of carbonyl (C=O) groups is 1. The van der Waals surface area contributed by atoms with Crippen LogP contribution >= 0.6 is 0 Å². The van der Waals surface area contributed by atoms with Crippen molar-refractivity contribution in [1.29, 1.82) is 0 Å². The Bertz CT molecular complexity index is 707. The summed E-state index contributed by atoms with van der Waals surface area (Å²) in [6.07, 6.45) is 0.708. The van der Waals surface area contributed by atoms with Gasteiger partial charge in [-0.3, -0.25) is 4.79 Å². The van der Waals surface area contributed by atoms with Gasteiger partial charge in [-0.1, -0.05) is 0 Å². The van der Waals surface area contributed by atoms with Crippen LogP contribution in [-0.2, 0) is 17.4 Å². The number of alkyl halides is 3.